The standard InChI is InChI=1S/C10H16O3/c1-9(2)7(12-9)4-5-10(3)8(6-11)13-10/h6-8H,4-5H2,1-3H3/t7-,8+,10+/m1/s1. The average molecular weight is 184 g/mol. The van der Waals surface area contributed by atoms with Gasteiger partial charge in [-0.15, -0.1) is 0 Å². The summed E-state index contributed by atoms with van der Waals surface area (Å²) in [7, 11) is 0. The Morgan fingerprint density at radius 1 is 1.31 bits per heavy atom. The summed E-state index contributed by atoms with van der Waals surface area (Å²) in [4.78, 5) is 10.4. The molecule has 2 saturated heterocycles. The first-order chi connectivity index (χ1) is 5.98. The van der Waals surface area contributed by atoms with Gasteiger partial charge in [-0.2, -0.15) is 0 Å². The van der Waals surface area contributed by atoms with Crippen LogP contribution in [0.15, 0.2) is 0 Å². The van der Waals surface area contributed by atoms with Crippen LogP contribution in [0, 0.1) is 0 Å². The van der Waals surface area contributed by atoms with E-state index in [-0.39, 0.29) is 17.3 Å². The Labute approximate surface area is 78.4 Å². The maximum absolute atomic E-state index is 10.4. The minimum atomic E-state index is -0.191. The molecule has 0 bridgehead atoms. The molecule has 0 amide bonds. The molecule has 0 saturated carbocycles. The molecule has 13 heavy (non-hydrogen) atoms. The second-order valence-corrected chi connectivity index (χ2v) is 4.74. The smallest absolute Gasteiger partial charge is 0.151 e. The fraction of sp³-hybridized carbons (Fsp3) is 0.900. The molecule has 2 heterocycles. The zero-order valence-corrected chi connectivity index (χ0v) is 8.37. The van der Waals surface area contributed by atoms with Gasteiger partial charge in [-0.05, 0) is 33.6 Å². The molecule has 3 atom stereocenters. The van der Waals surface area contributed by atoms with Crippen LogP contribution in [0.4, 0.5) is 0 Å². The lowest BCUT2D eigenvalue weighted by Crippen LogP contribution is -2.13. The predicted molar refractivity (Wildman–Crippen MR) is 47.5 cm³/mol. The van der Waals surface area contributed by atoms with E-state index in [1.165, 1.54) is 0 Å². The van der Waals surface area contributed by atoms with Gasteiger partial charge in [-0.1, -0.05) is 0 Å². The molecule has 2 fully saturated rings. The molecule has 0 N–H and O–H groups in total. The number of carbonyl (C=O) groups is 1. The molecule has 2 aliphatic heterocycles. The largest absolute Gasteiger partial charge is 0.367 e. The normalized spacial score (nSPS) is 45.8. The van der Waals surface area contributed by atoms with E-state index in [0.29, 0.717) is 6.10 Å². The molecule has 0 unspecified atom stereocenters. The molecule has 0 aromatic rings. The van der Waals surface area contributed by atoms with Crippen molar-refractivity contribution in [1.29, 1.82) is 0 Å². The third-order valence-electron chi connectivity index (χ3n) is 3.13. The fourth-order valence-electron chi connectivity index (χ4n) is 1.79. The maximum Gasteiger partial charge on any atom is 0.151 e. The van der Waals surface area contributed by atoms with Crippen molar-refractivity contribution in [2.45, 2.75) is 57.0 Å². The van der Waals surface area contributed by atoms with Crippen molar-refractivity contribution in [3.05, 3.63) is 0 Å². The van der Waals surface area contributed by atoms with Crippen molar-refractivity contribution in [3.8, 4) is 0 Å². The lowest BCUT2D eigenvalue weighted by atomic mass is 9.97. The van der Waals surface area contributed by atoms with E-state index >= 15 is 0 Å². The van der Waals surface area contributed by atoms with Crippen LogP contribution in [0.5, 0.6) is 0 Å². The van der Waals surface area contributed by atoms with Crippen molar-refractivity contribution in [2.75, 3.05) is 0 Å². The Morgan fingerprint density at radius 2 is 1.92 bits per heavy atom. The number of aldehydes is 1. The van der Waals surface area contributed by atoms with Crippen LogP contribution in [0.25, 0.3) is 0 Å². The Balaban J connectivity index is 1.73. The van der Waals surface area contributed by atoms with Gasteiger partial charge in [0, 0.05) is 0 Å². The van der Waals surface area contributed by atoms with Gasteiger partial charge in [0.25, 0.3) is 0 Å². The van der Waals surface area contributed by atoms with Gasteiger partial charge in [0.1, 0.15) is 6.10 Å². The summed E-state index contributed by atoms with van der Waals surface area (Å²) < 4.78 is 10.7. The molecular weight excluding hydrogens is 168 g/mol. The summed E-state index contributed by atoms with van der Waals surface area (Å²) in [6, 6.07) is 0. The monoisotopic (exact) mass is 184 g/mol. The number of rotatable bonds is 4. The van der Waals surface area contributed by atoms with Crippen LogP contribution in [-0.2, 0) is 14.3 Å². The highest BCUT2D eigenvalue weighted by Gasteiger charge is 2.55. The second-order valence-electron chi connectivity index (χ2n) is 4.74. The topological polar surface area (TPSA) is 42.1 Å². The van der Waals surface area contributed by atoms with E-state index in [1.807, 2.05) is 6.92 Å². The van der Waals surface area contributed by atoms with E-state index in [9.17, 15) is 4.79 Å². The first-order valence-corrected chi connectivity index (χ1v) is 4.79. The number of carbonyl (C=O) groups excluding carboxylic acids is 1. The number of ether oxygens (including phenoxy) is 2. The van der Waals surface area contributed by atoms with Crippen molar-refractivity contribution < 1.29 is 14.3 Å². The maximum atomic E-state index is 10.4. The second kappa shape index (κ2) is 2.55. The molecule has 0 aromatic heterocycles. The lowest BCUT2D eigenvalue weighted by Gasteiger charge is -2.02. The minimum absolute atomic E-state index is 0.0575. The van der Waals surface area contributed by atoms with Crippen LogP contribution in [0.3, 0.4) is 0 Å². The summed E-state index contributed by atoms with van der Waals surface area (Å²) in [6.45, 7) is 6.16. The Morgan fingerprint density at radius 3 is 2.31 bits per heavy atom. The molecule has 74 valence electrons. The third kappa shape index (κ3) is 1.63. The van der Waals surface area contributed by atoms with E-state index in [4.69, 9.17) is 9.47 Å². The third-order valence-corrected chi connectivity index (χ3v) is 3.13. The first kappa shape index (κ1) is 9.16. The highest BCUT2D eigenvalue weighted by Crippen LogP contribution is 2.44. The SMILES string of the molecule is CC1(C)O[C@@H]1CC[C@]1(C)O[C@H]1C=O. The molecule has 2 rings (SSSR count). The van der Waals surface area contributed by atoms with Crippen molar-refractivity contribution in [3.63, 3.8) is 0 Å². The summed E-state index contributed by atoms with van der Waals surface area (Å²) in [5, 5.41) is 0. The molecule has 3 heteroatoms. The van der Waals surface area contributed by atoms with Gasteiger partial charge in [0.05, 0.1) is 17.3 Å². The van der Waals surface area contributed by atoms with Crippen molar-refractivity contribution >= 4 is 6.29 Å². The summed E-state index contributed by atoms with van der Waals surface area (Å²) >= 11 is 0. The molecule has 0 aliphatic carbocycles. The number of hydrogen-bond donors (Lipinski definition) is 0. The predicted octanol–water partition coefficient (Wildman–Crippen LogP) is 1.30. The Bertz CT molecular complexity index is 236. The van der Waals surface area contributed by atoms with Crippen LogP contribution in [0.2, 0.25) is 0 Å². The first-order valence-electron chi connectivity index (χ1n) is 4.79. The summed E-state index contributed by atoms with van der Waals surface area (Å²) in [5.74, 6) is 0. The van der Waals surface area contributed by atoms with Gasteiger partial charge < -0.3 is 14.3 Å². The van der Waals surface area contributed by atoms with Crippen LogP contribution in [-0.4, -0.2) is 29.7 Å². The fourth-order valence-corrected chi connectivity index (χ4v) is 1.79. The molecular formula is C10H16O3. The highest BCUT2D eigenvalue weighted by atomic mass is 16.6. The molecule has 3 nitrogen and oxygen atoms in total. The van der Waals surface area contributed by atoms with Crippen LogP contribution < -0.4 is 0 Å². The van der Waals surface area contributed by atoms with Gasteiger partial charge in [0.15, 0.2) is 6.29 Å². The quantitative estimate of drug-likeness (QED) is 0.488. The Hall–Kier alpha value is -0.410. The zero-order chi connectivity index (χ0) is 9.69. The summed E-state index contributed by atoms with van der Waals surface area (Å²) in [5.41, 5.74) is -0.133. The van der Waals surface area contributed by atoms with Gasteiger partial charge in [-0.3, -0.25) is 0 Å². The number of hydrogen-bond acceptors (Lipinski definition) is 3. The summed E-state index contributed by atoms with van der Waals surface area (Å²) in [6.07, 6.45) is 2.99. The molecule has 2 aliphatic rings. The molecule has 0 aromatic carbocycles. The molecule has 0 radical (unpaired) electrons. The zero-order valence-electron chi connectivity index (χ0n) is 8.37. The van der Waals surface area contributed by atoms with Crippen LogP contribution >= 0.6 is 0 Å². The van der Waals surface area contributed by atoms with Crippen molar-refractivity contribution in [1.82, 2.24) is 0 Å². The average Bonchev–Trinajstić information content (AvgIpc) is 2.87. The lowest BCUT2D eigenvalue weighted by molar-refractivity contribution is -0.108. The Kier molecular flexibility index (Phi) is 1.79. The minimum Gasteiger partial charge on any atom is -0.367 e. The van der Waals surface area contributed by atoms with Gasteiger partial charge in [0.2, 0.25) is 0 Å². The van der Waals surface area contributed by atoms with Crippen molar-refractivity contribution in [2.24, 2.45) is 0 Å². The van der Waals surface area contributed by atoms with Gasteiger partial charge >= 0.3 is 0 Å². The van der Waals surface area contributed by atoms with E-state index in [2.05, 4.69) is 13.8 Å². The van der Waals surface area contributed by atoms with E-state index in [0.717, 1.165) is 19.1 Å². The van der Waals surface area contributed by atoms with Crippen LogP contribution in [0.1, 0.15) is 33.6 Å². The van der Waals surface area contributed by atoms with Gasteiger partial charge in [-0.25, -0.2) is 0 Å². The van der Waals surface area contributed by atoms with E-state index in [1.54, 1.807) is 0 Å². The molecule has 0 spiro atoms. The van der Waals surface area contributed by atoms with E-state index < -0.39 is 0 Å². The number of epoxide rings is 2. The highest BCUT2D eigenvalue weighted by molar-refractivity contribution is 5.62.